The molecule has 2 N–H and O–H groups in total. The molecule has 1 unspecified atom stereocenters. The monoisotopic (exact) mass is 217 g/mol. The number of esters is 1. The molecule has 0 aromatic carbocycles. The predicted molar refractivity (Wildman–Crippen MR) is 59.6 cm³/mol. The number of rotatable bonds is 9. The Bertz CT molecular complexity index is 160. The second-order valence-corrected chi connectivity index (χ2v) is 3.70. The Morgan fingerprint density at radius 1 is 1.33 bits per heavy atom. The van der Waals surface area contributed by atoms with Crippen molar-refractivity contribution in [1.82, 2.24) is 0 Å². The summed E-state index contributed by atoms with van der Waals surface area (Å²) in [5.74, 6) is -0.189. The molecular weight excluding hydrogens is 194 g/mol. The maximum atomic E-state index is 11.1. The standard InChI is InChI=1S/C11H23NO3/c1-3-4-7-14-8-9-15-11(13)6-5-10(2)12/h10H,3-9,12H2,1-2H3. The SMILES string of the molecule is CCCCOCCOC(=O)CCC(C)N. The molecule has 15 heavy (non-hydrogen) atoms. The number of ether oxygens (including phenoxy) is 2. The molecule has 0 heterocycles. The molecule has 0 spiro atoms. The van der Waals surface area contributed by atoms with Gasteiger partial charge in [-0.05, 0) is 19.8 Å². The second-order valence-electron chi connectivity index (χ2n) is 3.70. The summed E-state index contributed by atoms with van der Waals surface area (Å²) in [5, 5.41) is 0. The van der Waals surface area contributed by atoms with E-state index < -0.39 is 0 Å². The molecule has 0 radical (unpaired) electrons. The number of unbranched alkanes of at least 4 members (excludes halogenated alkanes) is 1. The first-order chi connectivity index (χ1) is 7.16. The summed E-state index contributed by atoms with van der Waals surface area (Å²) in [6, 6.07) is 0.0540. The highest BCUT2D eigenvalue weighted by atomic mass is 16.6. The van der Waals surface area contributed by atoms with Crippen LogP contribution in [0.2, 0.25) is 0 Å². The van der Waals surface area contributed by atoms with Crippen molar-refractivity contribution < 1.29 is 14.3 Å². The minimum absolute atomic E-state index is 0.0540. The van der Waals surface area contributed by atoms with E-state index in [0.29, 0.717) is 26.1 Å². The maximum absolute atomic E-state index is 11.1. The van der Waals surface area contributed by atoms with Gasteiger partial charge in [-0.3, -0.25) is 4.79 Å². The Hall–Kier alpha value is -0.610. The average Bonchev–Trinajstić information content (AvgIpc) is 2.20. The van der Waals surface area contributed by atoms with Crippen LogP contribution in [0, 0.1) is 0 Å². The van der Waals surface area contributed by atoms with Crippen LogP contribution in [-0.2, 0) is 14.3 Å². The molecule has 0 aromatic heterocycles. The van der Waals surface area contributed by atoms with Gasteiger partial charge in [0.1, 0.15) is 6.61 Å². The third-order valence-electron chi connectivity index (χ3n) is 1.94. The summed E-state index contributed by atoms with van der Waals surface area (Å²) in [7, 11) is 0. The molecule has 0 saturated heterocycles. The van der Waals surface area contributed by atoms with Crippen LogP contribution in [0.4, 0.5) is 0 Å². The molecule has 0 rings (SSSR count). The van der Waals surface area contributed by atoms with Gasteiger partial charge in [0, 0.05) is 19.1 Å². The first-order valence-corrected chi connectivity index (χ1v) is 5.65. The van der Waals surface area contributed by atoms with Crippen molar-refractivity contribution in [3.8, 4) is 0 Å². The van der Waals surface area contributed by atoms with Gasteiger partial charge >= 0.3 is 5.97 Å². The van der Waals surface area contributed by atoms with Crippen LogP contribution in [0.3, 0.4) is 0 Å². The van der Waals surface area contributed by atoms with Crippen LogP contribution in [0.15, 0.2) is 0 Å². The van der Waals surface area contributed by atoms with Crippen molar-refractivity contribution in [3.63, 3.8) is 0 Å². The van der Waals surface area contributed by atoms with Crippen molar-refractivity contribution in [2.24, 2.45) is 5.73 Å². The molecule has 0 amide bonds. The molecular formula is C11H23NO3. The van der Waals surface area contributed by atoms with E-state index in [4.69, 9.17) is 15.2 Å². The van der Waals surface area contributed by atoms with E-state index >= 15 is 0 Å². The summed E-state index contributed by atoms with van der Waals surface area (Å²) in [4.78, 5) is 11.1. The highest BCUT2D eigenvalue weighted by Gasteiger charge is 2.04. The van der Waals surface area contributed by atoms with Crippen LogP contribution < -0.4 is 5.73 Å². The molecule has 4 heteroatoms. The smallest absolute Gasteiger partial charge is 0.305 e. The zero-order valence-electron chi connectivity index (χ0n) is 9.83. The van der Waals surface area contributed by atoms with Crippen molar-refractivity contribution >= 4 is 5.97 Å². The molecule has 0 saturated carbocycles. The van der Waals surface area contributed by atoms with Gasteiger partial charge in [-0.15, -0.1) is 0 Å². The molecule has 0 aliphatic rings. The van der Waals surface area contributed by atoms with E-state index in [1.165, 1.54) is 0 Å². The number of hydrogen-bond acceptors (Lipinski definition) is 4. The molecule has 0 bridgehead atoms. The molecule has 0 aromatic rings. The summed E-state index contributed by atoms with van der Waals surface area (Å²) in [6.45, 7) is 5.57. The van der Waals surface area contributed by atoms with E-state index in [0.717, 1.165) is 19.4 Å². The summed E-state index contributed by atoms with van der Waals surface area (Å²) in [6.07, 6.45) is 3.25. The van der Waals surface area contributed by atoms with Crippen molar-refractivity contribution in [3.05, 3.63) is 0 Å². The fourth-order valence-electron chi connectivity index (χ4n) is 0.981. The Morgan fingerprint density at radius 2 is 2.07 bits per heavy atom. The zero-order chi connectivity index (χ0) is 11.5. The van der Waals surface area contributed by atoms with Crippen molar-refractivity contribution in [2.45, 2.75) is 45.6 Å². The van der Waals surface area contributed by atoms with Crippen molar-refractivity contribution in [1.29, 1.82) is 0 Å². The first-order valence-electron chi connectivity index (χ1n) is 5.65. The Balaban J connectivity index is 3.17. The van der Waals surface area contributed by atoms with E-state index in [1.54, 1.807) is 0 Å². The number of carbonyl (C=O) groups is 1. The largest absolute Gasteiger partial charge is 0.463 e. The van der Waals surface area contributed by atoms with E-state index in [1.807, 2.05) is 6.92 Å². The Kier molecular flexibility index (Phi) is 9.52. The molecule has 4 nitrogen and oxygen atoms in total. The van der Waals surface area contributed by atoms with Crippen LogP contribution in [0.25, 0.3) is 0 Å². The van der Waals surface area contributed by atoms with Crippen molar-refractivity contribution in [2.75, 3.05) is 19.8 Å². The lowest BCUT2D eigenvalue weighted by molar-refractivity contribution is -0.145. The highest BCUT2D eigenvalue weighted by molar-refractivity contribution is 5.69. The average molecular weight is 217 g/mol. The fraction of sp³-hybridized carbons (Fsp3) is 0.909. The maximum Gasteiger partial charge on any atom is 0.305 e. The first kappa shape index (κ1) is 14.4. The number of nitrogens with two attached hydrogens (primary N) is 1. The highest BCUT2D eigenvalue weighted by Crippen LogP contribution is 1.96. The lowest BCUT2D eigenvalue weighted by Crippen LogP contribution is -2.18. The lowest BCUT2D eigenvalue weighted by atomic mass is 10.2. The van der Waals surface area contributed by atoms with Crippen LogP contribution in [0.1, 0.15) is 39.5 Å². The van der Waals surface area contributed by atoms with Gasteiger partial charge in [-0.25, -0.2) is 0 Å². The summed E-state index contributed by atoms with van der Waals surface area (Å²) < 4.78 is 10.2. The fourth-order valence-corrected chi connectivity index (χ4v) is 0.981. The van der Waals surface area contributed by atoms with Gasteiger partial charge in [0.25, 0.3) is 0 Å². The Morgan fingerprint density at radius 3 is 2.67 bits per heavy atom. The van der Waals surface area contributed by atoms with Gasteiger partial charge in [0.2, 0.25) is 0 Å². The van der Waals surface area contributed by atoms with Crippen LogP contribution in [0.5, 0.6) is 0 Å². The third kappa shape index (κ3) is 11.3. The predicted octanol–water partition coefficient (Wildman–Crippen LogP) is 1.47. The number of hydrogen-bond donors (Lipinski definition) is 1. The molecule has 90 valence electrons. The minimum atomic E-state index is -0.189. The van der Waals surface area contributed by atoms with Gasteiger partial charge < -0.3 is 15.2 Å². The normalized spacial score (nSPS) is 12.5. The summed E-state index contributed by atoms with van der Waals surface area (Å²) in [5.41, 5.74) is 5.52. The van der Waals surface area contributed by atoms with Crippen LogP contribution in [-0.4, -0.2) is 31.8 Å². The van der Waals surface area contributed by atoms with Gasteiger partial charge in [0.05, 0.1) is 6.61 Å². The molecule has 0 aliphatic carbocycles. The van der Waals surface area contributed by atoms with Gasteiger partial charge in [-0.1, -0.05) is 13.3 Å². The zero-order valence-corrected chi connectivity index (χ0v) is 9.83. The summed E-state index contributed by atoms with van der Waals surface area (Å²) >= 11 is 0. The molecule has 0 aliphatic heterocycles. The minimum Gasteiger partial charge on any atom is -0.463 e. The van der Waals surface area contributed by atoms with E-state index in [-0.39, 0.29) is 12.0 Å². The number of carbonyl (C=O) groups excluding carboxylic acids is 1. The van der Waals surface area contributed by atoms with E-state index in [2.05, 4.69) is 6.92 Å². The lowest BCUT2D eigenvalue weighted by Gasteiger charge is -2.06. The molecule has 0 fully saturated rings. The molecule has 1 atom stereocenters. The third-order valence-corrected chi connectivity index (χ3v) is 1.94. The van der Waals surface area contributed by atoms with Gasteiger partial charge in [0.15, 0.2) is 0 Å². The van der Waals surface area contributed by atoms with Gasteiger partial charge in [-0.2, -0.15) is 0 Å². The quantitative estimate of drug-likeness (QED) is 0.469. The van der Waals surface area contributed by atoms with E-state index in [9.17, 15) is 4.79 Å². The second kappa shape index (κ2) is 9.93. The van der Waals surface area contributed by atoms with Crippen LogP contribution >= 0.6 is 0 Å². The Labute approximate surface area is 92.1 Å². The topological polar surface area (TPSA) is 61.5 Å².